The number of hydrogen-bond donors (Lipinski definition) is 0. The zero-order valence-corrected chi connectivity index (χ0v) is 10.6. The minimum absolute atomic E-state index is 0.446. The van der Waals surface area contributed by atoms with E-state index in [4.69, 9.17) is 0 Å². The Balaban J connectivity index is 4.11. The molecule has 0 aliphatic heterocycles. The summed E-state index contributed by atoms with van der Waals surface area (Å²) in [4.78, 5) is 0. The molecule has 0 radical (unpaired) electrons. The lowest BCUT2D eigenvalue weighted by Crippen LogP contribution is -2.24. The third kappa shape index (κ3) is 4.21. The molecule has 1 heteroatoms. The lowest BCUT2D eigenvalue weighted by atomic mass is 9.87. The quantitative estimate of drug-likeness (QED) is 0.569. The van der Waals surface area contributed by atoms with Gasteiger partial charge in [-0.2, -0.15) is 11.8 Å². The van der Waals surface area contributed by atoms with Crippen LogP contribution >= 0.6 is 11.8 Å². The number of thioether (sulfide) groups is 1. The van der Waals surface area contributed by atoms with E-state index in [0.29, 0.717) is 15.9 Å². The minimum Gasteiger partial charge on any atom is -0.151 e. The third-order valence-corrected chi connectivity index (χ3v) is 4.98. The Labute approximate surface area is 88.2 Å². The van der Waals surface area contributed by atoms with Crippen LogP contribution in [-0.2, 0) is 0 Å². The fourth-order valence-electron chi connectivity index (χ4n) is 1.05. The molecule has 0 aromatic rings. The van der Waals surface area contributed by atoms with Gasteiger partial charge in [0.05, 0.1) is 0 Å². The molecule has 0 aromatic heterocycles. The van der Waals surface area contributed by atoms with Gasteiger partial charge in [-0.1, -0.05) is 40.7 Å². The minimum atomic E-state index is 0.446. The summed E-state index contributed by atoms with van der Waals surface area (Å²) in [5.41, 5.74) is 0.446. The lowest BCUT2D eigenvalue weighted by Gasteiger charge is -2.32. The molecule has 0 spiro atoms. The van der Waals surface area contributed by atoms with Gasteiger partial charge < -0.3 is 0 Å². The Bertz CT molecular complexity index is 149. The van der Waals surface area contributed by atoms with Crippen LogP contribution in [0.3, 0.4) is 0 Å². The molecule has 0 rings (SSSR count). The fourth-order valence-corrected chi connectivity index (χ4v) is 2.42. The molecule has 0 aliphatic carbocycles. The molecule has 2 unspecified atom stereocenters. The summed E-state index contributed by atoms with van der Waals surface area (Å²) in [6.07, 6.45) is 4.51. The molecule has 0 nitrogen and oxygen atoms in total. The van der Waals surface area contributed by atoms with Gasteiger partial charge in [-0.25, -0.2) is 0 Å². The second-order valence-corrected chi connectivity index (χ2v) is 5.89. The van der Waals surface area contributed by atoms with Gasteiger partial charge in [-0.05, 0) is 18.3 Å². The van der Waals surface area contributed by atoms with Crippen molar-refractivity contribution >= 4 is 11.8 Å². The van der Waals surface area contributed by atoms with Crippen molar-refractivity contribution in [1.29, 1.82) is 0 Å². The largest absolute Gasteiger partial charge is 0.151 e. The molecule has 13 heavy (non-hydrogen) atoms. The van der Waals surface area contributed by atoms with Crippen molar-refractivity contribution in [2.24, 2.45) is 5.41 Å². The molecule has 0 saturated heterocycles. The predicted molar refractivity (Wildman–Crippen MR) is 65.4 cm³/mol. The molecule has 78 valence electrons. The highest BCUT2D eigenvalue weighted by molar-refractivity contribution is 8.00. The first-order chi connectivity index (χ1) is 5.97. The van der Waals surface area contributed by atoms with Crippen LogP contribution in [0, 0.1) is 5.41 Å². The van der Waals surface area contributed by atoms with Gasteiger partial charge >= 0.3 is 0 Å². The van der Waals surface area contributed by atoms with Gasteiger partial charge in [0.25, 0.3) is 0 Å². The molecule has 0 N–H and O–H groups in total. The summed E-state index contributed by atoms with van der Waals surface area (Å²) >= 11 is 2.06. The normalized spacial score (nSPS) is 16.7. The highest BCUT2D eigenvalue weighted by Gasteiger charge is 2.25. The Kier molecular flexibility index (Phi) is 5.78. The lowest BCUT2D eigenvalue weighted by molar-refractivity contribution is 0.349. The SMILES string of the molecule is C=CC(CC)SC(C)C(C)(C)CC. The molecular formula is C12H24S. The van der Waals surface area contributed by atoms with Gasteiger partial charge in [0.1, 0.15) is 0 Å². The highest BCUT2D eigenvalue weighted by Crippen LogP contribution is 2.36. The molecule has 0 amide bonds. The van der Waals surface area contributed by atoms with Crippen LogP contribution in [-0.4, -0.2) is 10.5 Å². The standard InChI is InChI=1S/C12H24S/c1-7-11(8-2)13-10(4)12(5,6)9-3/h7,10-11H,1,8-9H2,2-6H3. The van der Waals surface area contributed by atoms with E-state index in [9.17, 15) is 0 Å². The van der Waals surface area contributed by atoms with Crippen molar-refractivity contribution in [1.82, 2.24) is 0 Å². The first-order valence-corrected chi connectivity index (χ1v) is 6.20. The van der Waals surface area contributed by atoms with Gasteiger partial charge in [0.2, 0.25) is 0 Å². The topological polar surface area (TPSA) is 0 Å². The van der Waals surface area contributed by atoms with Crippen molar-refractivity contribution in [3.8, 4) is 0 Å². The van der Waals surface area contributed by atoms with Crippen LogP contribution in [0.4, 0.5) is 0 Å². The molecule has 0 heterocycles. The monoisotopic (exact) mass is 200 g/mol. The summed E-state index contributed by atoms with van der Waals surface area (Å²) in [5.74, 6) is 0. The van der Waals surface area contributed by atoms with Crippen molar-refractivity contribution in [2.75, 3.05) is 0 Å². The summed E-state index contributed by atoms with van der Waals surface area (Å²) < 4.78 is 0. The molecule has 0 aliphatic rings. The average molecular weight is 200 g/mol. The smallest absolute Gasteiger partial charge is 0.0224 e. The zero-order chi connectivity index (χ0) is 10.5. The maximum atomic E-state index is 3.87. The maximum absolute atomic E-state index is 3.87. The summed E-state index contributed by atoms with van der Waals surface area (Å²) in [6.45, 7) is 15.4. The van der Waals surface area contributed by atoms with E-state index < -0.39 is 0 Å². The van der Waals surface area contributed by atoms with Crippen LogP contribution in [0.25, 0.3) is 0 Å². The van der Waals surface area contributed by atoms with Crippen LogP contribution < -0.4 is 0 Å². The van der Waals surface area contributed by atoms with E-state index in [1.165, 1.54) is 12.8 Å². The van der Waals surface area contributed by atoms with Crippen LogP contribution in [0.5, 0.6) is 0 Å². The Morgan fingerprint density at radius 1 is 1.38 bits per heavy atom. The van der Waals surface area contributed by atoms with E-state index in [2.05, 4.69) is 59.0 Å². The molecule has 2 atom stereocenters. The maximum Gasteiger partial charge on any atom is 0.0224 e. The van der Waals surface area contributed by atoms with Crippen molar-refractivity contribution in [3.05, 3.63) is 12.7 Å². The van der Waals surface area contributed by atoms with Crippen LogP contribution in [0.2, 0.25) is 0 Å². The molecule has 0 saturated carbocycles. The molecular weight excluding hydrogens is 176 g/mol. The van der Waals surface area contributed by atoms with Crippen molar-refractivity contribution in [3.63, 3.8) is 0 Å². The Morgan fingerprint density at radius 3 is 2.23 bits per heavy atom. The van der Waals surface area contributed by atoms with Gasteiger partial charge in [0, 0.05) is 10.5 Å². The van der Waals surface area contributed by atoms with Gasteiger partial charge in [0.15, 0.2) is 0 Å². The molecule has 0 bridgehead atoms. The van der Waals surface area contributed by atoms with Crippen molar-refractivity contribution < 1.29 is 0 Å². The van der Waals surface area contributed by atoms with E-state index in [1.807, 2.05) is 0 Å². The Hall–Kier alpha value is 0.0900. The number of hydrogen-bond acceptors (Lipinski definition) is 1. The van der Waals surface area contributed by atoms with E-state index in [-0.39, 0.29) is 0 Å². The van der Waals surface area contributed by atoms with Crippen molar-refractivity contribution in [2.45, 2.75) is 58.0 Å². The van der Waals surface area contributed by atoms with E-state index in [1.54, 1.807) is 0 Å². The van der Waals surface area contributed by atoms with Gasteiger partial charge in [-0.15, -0.1) is 6.58 Å². The highest BCUT2D eigenvalue weighted by atomic mass is 32.2. The zero-order valence-electron chi connectivity index (χ0n) is 9.76. The van der Waals surface area contributed by atoms with Gasteiger partial charge in [-0.3, -0.25) is 0 Å². The second kappa shape index (κ2) is 5.74. The van der Waals surface area contributed by atoms with E-state index in [0.717, 1.165) is 0 Å². The molecule has 0 fully saturated rings. The third-order valence-electron chi connectivity index (χ3n) is 3.06. The summed E-state index contributed by atoms with van der Waals surface area (Å²) in [5, 5.41) is 1.33. The first kappa shape index (κ1) is 13.1. The number of rotatable bonds is 6. The molecule has 0 aromatic carbocycles. The first-order valence-electron chi connectivity index (χ1n) is 5.26. The average Bonchev–Trinajstić information content (AvgIpc) is 2.13. The van der Waals surface area contributed by atoms with E-state index >= 15 is 0 Å². The fraction of sp³-hybridized carbons (Fsp3) is 0.833. The summed E-state index contributed by atoms with van der Waals surface area (Å²) in [6, 6.07) is 0. The second-order valence-electron chi connectivity index (χ2n) is 4.30. The predicted octanol–water partition coefficient (Wildman–Crippen LogP) is 4.51. The van der Waals surface area contributed by atoms with Crippen LogP contribution in [0.15, 0.2) is 12.7 Å². The van der Waals surface area contributed by atoms with Crippen LogP contribution in [0.1, 0.15) is 47.5 Å². The Morgan fingerprint density at radius 2 is 1.92 bits per heavy atom. The summed E-state index contributed by atoms with van der Waals surface area (Å²) in [7, 11) is 0.